The number of hydrogen-bond donors (Lipinski definition) is 2. The maximum Gasteiger partial charge on any atom is 0.244 e. The number of benzene rings is 1. The number of rotatable bonds is 5. The lowest BCUT2D eigenvalue weighted by molar-refractivity contribution is -0.118. The van der Waals surface area contributed by atoms with E-state index in [0.717, 1.165) is 49.9 Å². The Labute approximate surface area is 142 Å². The first-order valence-corrected chi connectivity index (χ1v) is 8.65. The number of nitrogens with zero attached hydrogens (tertiary/aromatic N) is 1. The van der Waals surface area contributed by atoms with E-state index >= 15 is 0 Å². The Balaban J connectivity index is 1.52. The lowest BCUT2D eigenvalue weighted by Crippen LogP contribution is -2.40. The molecule has 2 fully saturated rings. The van der Waals surface area contributed by atoms with Crippen molar-refractivity contribution in [3.63, 3.8) is 0 Å². The average Bonchev–Trinajstić information content (AvgIpc) is 3.21. The minimum absolute atomic E-state index is 0.169. The molecule has 0 spiro atoms. The zero-order valence-electron chi connectivity index (χ0n) is 13.8. The highest BCUT2D eigenvalue weighted by atomic mass is 16.3. The molecular weight excluding hydrogens is 304 g/mol. The van der Waals surface area contributed by atoms with E-state index in [1.54, 1.807) is 11.0 Å². The van der Waals surface area contributed by atoms with Crippen molar-refractivity contribution in [2.75, 3.05) is 18.0 Å². The first-order valence-electron chi connectivity index (χ1n) is 8.65. The zero-order valence-corrected chi connectivity index (χ0v) is 13.8. The van der Waals surface area contributed by atoms with Gasteiger partial charge in [-0.15, -0.1) is 0 Å². The van der Waals surface area contributed by atoms with Gasteiger partial charge in [-0.25, -0.2) is 0 Å². The molecule has 5 nitrogen and oxygen atoms in total. The van der Waals surface area contributed by atoms with Crippen LogP contribution in [0.15, 0.2) is 30.3 Å². The number of carbonyl (C=O) groups excluding carboxylic acids is 2. The van der Waals surface area contributed by atoms with Gasteiger partial charge in [-0.3, -0.25) is 9.59 Å². The predicted molar refractivity (Wildman–Crippen MR) is 93.5 cm³/mol. The molecule has 2 aliphatic rings. The van der Waals surface area contributed by atoms with Crippen LogP contribution in [0.4, 0.5) is 5.69 Å². The summed E-state index contributed by atoms with van der Waals surface area (Å²) in [7, 11) is 0. The molecule has 1 aromatic carbocycles. The van der Waals surface area contributed by atoms with Crippen molar-refractivity contribution >= 4 is 23.6 Å². The van der Waals surface area contributed by atoms with Crippen molar-refractivity contribution < 1.29 is 14.7 Å². The van der Waals surface area contributed by atoms with Crippen LogP contribution >= 0.6 is 0 Å². The summed E-state index contributed by atoms with van der Waals surface area (Å²) in [4.78, 5) is 25.4. The van der Waals surface area contributed by atoms with Gasteiger partial charge in [0, 0.05) is 31.3 Å². The van der Waals surface area contributed by atoms with E-state index in [4.69, 9.17) is 0 Å². The van der Waals surface area contributed by atoms with Crippen LogP contribution in [0.25, 0.3) is 6.08 Å². The van der Waals surface area contributed by atoms with Crippen molar-refractivity contribution in [2.45, 2.75) is 44.1 Å². The molecule has 0 radical (unpaired) electrons. The Morgan fingerprint density at radius 2 is 1.92 bits per heavy atom. The quantitative estimate of drug-likeness (QED) is 0.815. The van der Waals surface area contributed by atoms with Crippen molar-refractivity contribution in [2.24, 2.45) is 0 Å². The highest BCUT2D eigenvalue weighted by molar-refractivity contribution is 5.95. The van der Waals surface area contributed by atoms with Gasteiger partial charge in [0.15, 0.2) is 0 Å². The smallest absolute Gasteiger partial charge is 0.244 e. The highest BCUT2D eigenvalue weighted by Crippen LogP contribution is 2.28. The number of aliphatic hydroxyl groups is 1. The van der Waals surface area contributed by atoms with Crippen molar-refractivity contribution in [1.82, 2.24) is 5.32 Å². The normalized spacial score (nSPS) is 20.0. The molecule has 1 aliphatic heterocycles. The zero-order chi connectivity index (χ0) is 17.0. The molecule has 24 heavy (non-hydrogen) atoms. The van der Waals surface area contributed by atoms with Crippen LogP contribution in [-0.4, -0.2) is 35.6 Å². The van der Waals surface area contributed by atoms with E-state index in [0.29, 0.717) is 13.0 Å². The van der Waals surface area contributed by atoms with E-state index in [1.807, 2.05) is 24.3 Å². The van der Waals surface area contributed by atoms with E-state index in [-0.39, 0.29) is 11.8 Å². The number of carbonyl (C=O) groups is 2. The van der Waals surface area contributed by atoms with Gasteiger partial charge in [0.25, 0.3) is 0 Å². The number of nitrogens with one attached hydrogen (secondary N) is 1. The summed E-state index contributed by atoms with van der Waals surface area (Å²) in [5.41, 5.74) is 1.08. The lowest BCUT2D eigenvalue weighted by Gasteiger charge is -2.21. The van der Waals surface area contributed by atoms with Crippen LogP contribution in [0.2, 0.25) is 0 Å². The maximum atomic E-state index is 11.9. The molecule has 2 amide bonds. The Morgan fingerprint density at radius 1 is 1.21 bits per heavy atom. The molecular formula is C19H24N2O3. The van der Waals surface area contributed by atoms with Gasteiger partial charge in [-0.05, 0) is 43.0 Å². The molecule has 0 unspecified atom stereocenters. The molecule has 3 rings (SSSR count). The summed E-state index contributed by atoms with van der Waals surface area (Å²) in [5.74, 6) is -0.0309. The molecule has 0 bridgehead atoms. The maximum absolute atomic E-state index is 11.9. The van der Waals surface area contributed by atoms with E-state index in [2.05, 4.69) is 5.32 Å². The second-order valence-corrected chi connectivity index (χ2v) is 6.72. The minimum atomic E-state index is -0.729. The van der Waals surface area contributed by atoms with Gasteiger partial charge in [-0.1, -0.05) is 25.0 Å². The number of hydrogen-bond acceptors (Lipinski definition) is 3. The summed E-state index contributed by atoms with van der Waals surface area (Å²) in [6.07, 6.45) is 8.31. The minimum Gasteiger partial charge on any atom is -0.388 e. The van der Waals surface area contributed by atoms with E-state index < -0.39 is 5.60 Å². The summed E-state index contributed by atoms with van der Waals surface area (Å²) in [6.45, 7) is 1.09. The lowest BCUT2D eigenvalue weighted by atomic mass is 10.0. The van der Waals surface area contributed by atoms with Gasteiger partial charge < -0.3 is 15.3 Å². The number of amides is 2. The second-order valence-electron chi connectivity index (χ2n) is 6.72. The Kier molecular flexibility index (Phi) is 5.00. The fourth-order valence-electron chi connectivity index (χ4n) is 3.38. The van der Waals surface area contributed by atoms with Gasteiger partial charge in [-0.2, -0.15) is 0 Å². The highest BCUT2D eigenvalue weighted by Gasteiger charge is 2.30. The molecule has 0 aromatic heterocycles. The first-order chi connectivity index (χ1) is 11.6. The molecule has 5 heteroatoms. The van der Waals surface area contributed by atoms with Crippen LogP contribution in [0.1, 0.15) is 44.1 Å². The van der Waals surface area contributed by atoms with Gasteiger partial charge in [0.1, 0.15) is 0 Å². The van der Waals surface area contributed by atoms with Crippen LogP contribution in [0, 0.1) is 0 Å². The fraction of sp³-hybridized carbons (Fsp3) is 0.474. The van der Waals surface area contributed by atoms with Gasteiger partial charge in [0.05, 0.1) is 5.60 Å². The molecule has 1 aromatic rings. The first kappa shape index (κ1) is 16.7. The summed E-state index contributed by atoms with van der Waals surface area (Å²) >= 11 is 0. The standard InChI is InChI=1S/C19H24N2O3/c22-17(20-14-19(24)11-1-2-12-19)10-7-15-5-8-16(9-6-15)21-13-3-4-18(21)23/h5-10,24H,1-4,11-14H2,(H,20,22)/b10-7+. The predicted octanol–water partition coefficient (Wildman–Crippen LogP) is 2.25. The molecule has 1 aliphatic carbocycles. The van der Waals surface area contributed by atoms with Crippen molar-refractivity contribution in [3.8, 4) is 0 Å². The SMILES string of the molecule is O=C(/C=C/c1ccc(N2CCCC2=O)cc1)NCC1(O)CCCC1. The van der Waals surface area contributed by atoms with Crippen molar-refractivity contribution in [1.29, 1.82) is 0 Å². The third-order valence-electron chi connectivity index (χ3n) is 4.83. The van der Waals surface area contributed by atoms with Crippen LogP contribution < -0.4 is 10.2 Å². The molecule has 1 saturated carbocycles. The summed E-state index contributed by atoms with van der Waals surface area (Å²) in [6, 6.07) is 7.61. The largest absolute Gasteiger partial charge is 0.388 e. The monoisotopic (exact) mass is 328 g/mol. The molecule has 128 valence electrons. The molecule has 2 N–H and O–H groups in total. The second kappa shape index (κ2) is 7.18. The summed E-state index contributed by atoms with van der Waals surface area (Å²) in [5, 5.41) is 13.0. The van der Waals surface area contributed by atoms with E-state index in [1.165, 1.54) is 6.08 Å². The fourth-order valence-corrected chi connectivity index (χ4v) is 3.38. The molecule has 1 saturated heterocycles. The molecule has 0 atom stereocenters. The third kappa shape index (κ3) is 4.03. The third-order valence-corrected chi connectivity index (χ3v) is 4.83. The summed E-state index contributed by atoms with van der Waals surface area (Å²) < 4.78 is 0. The Hall–Kier alpha value is -2.14. The van der Waals surface area contributed by atoms with E-state index in [9.17, 15) is 14.7 Å². The van der Waals surface area contributed by atoms with Crippen molar-refractivity contribution in [3.05, 3.63) is 35.9 Å². The number of anilines is 1. The molecule has 1 heterocycles. The van der Waals surface area contributed by atoms with Crippen LogP contribution in [0.5, 0.6) is 0 Å². The van der Waals surface area contributed by atoms with Crippen LogP contribution in [0.3, 0.4) is 0 Å². The Bertz CT molecular complexity index is 631. The Morgan fingerprint density at radius 3 is 2.54 bits per heavy atom. The van der Waals surface area contributed by atoms with Crippen LogP contribution in [-0.2, 0) is 9.59 Å². The van der Waals surface area contributed by atoms with Gasteiger partial charge >= 0.3 is 0 Å². The average molecular weight is 328 g/mol. The van der Waals surface area contributed by atoms with Gasteiger partial charge in [0.2, 0.25) is 11.8 Å². The topological polar surface area (TPSA) is 69.6 Å².